The minimum atomic E-state index is -3.77. The number of nitrogens with one attached hydrogen (secondary N) is 1. The number of fused-ring (bicyclic) bond motifs is 2. The Morgan fingerprint density at radius 2 is 1.93 bits per heavy atom. The molecule has 1 aromatic rings. The number of nitrogens with two attached hydrogens (primary N) is 1. The average molecular weight is 422 g/mol. The van der Waals surface area contributed by atoms with Gasteiger partial charge in [-0.25, -0.2) is 8.42 Å². The third-order valence-corrected chi connectivity index (χ3v) is 9.36. The number of nitrogen functional groups attached to an aromatic ring is 1. The van der Waals surface area contributed by atoms with Crippen molar-refractivity contribution in [3.63, 3.8) is 0 Å². The number of hydrogen-bond donors (Lipinski definition) is 2. The van der Waals surface area contributed by atoms with Gasteiger partial charge in [0, 0.05) is 24.7 Å². The highest BCUT2D eigenvalue weighted by molar-refractivity contribution is 7.89. The van der Waals surface area contributed by atoms with Gasteiger partial charge in [0.05, 0.1) is 18.9 Å². The van der Waals surface area contributed by atoms with Crippen LogP contribution in [-0.2, 0) is 14.8 Å². The van der Waals surface area contributed by atoms with Crippen LogP contribution in [0.2, 0.25) is 0 Å². The second-order valence-corrected chi connectivity index (χ2v) is 11.5. The van der Waals surface area contributed by atoms with Crippen LogP contribution in [-0.4, -0.2) is 51.0 Å². The van der Waals surface area contributed by atoms with Gasteiger partial charge in [-0.3, -0.25) is 4.79 Å². The van der Waals surface area contributed by atoms with Crippen molar-refractivity contribution in [1.29, 1.82) is 0 Å². The number of sulfonamides is 1. The van der Waals surface area contributed by atoms with Crippen LogP contribution in [0.25, 0.3) is 0 Å². The van der Waals surface area contributed by atoms with Crippen LogP contribution in [0.3, 0.4) is 0 Å². The van der Waals surface area contributed by atoms with Gasteiger partial charge in [-0.1, -0.05) is 20.8 Å². The first-order valence-electron chi connectivity index (χ1n) is 10.3. The van der Waals surface area contributed by atoms with Crippen LogP contribution in [0, 0.1) is 16.7 Å². The van der Waals surface area contributed by atoms with Crippen LogP contribution in [0.15, 0.2) is 23.1 Å². The molecule has 160 valence electrons. The lowest BCUT2D eigenvalue weighted by Crippen LogP contribution is -2.52. The first-order chi connectivity index (χ1) is 13.6. The molecule has 1 aromatic carbocycles. The summed E-state index contributed by atoms with van der Waals surface area (Å²) >= 11 is 0. The Labute approximate surface area is 173 Å². The summed E-state index contributed by atoms with van der Waals surface area (Å²) in [5, 5.41) is 3.23. The van der Waals surface area contributed by atoms with Crippen LogP contribution >= 0.6 is 0 Å². The molecule has 1 saturated heterocycles. The molecule has 1 amide bonds. The van der Waals surface area contributed by atoms with Crippen molar-refractivity contribution in [3.8, 4) is 0 Å². The van der Waals surface area contributed by atoms with E-state index in [0.717, 1.165) is 12.8 Å². The van der Waals surface area contributed by atoms with Gasteiger partial charge in [0.2, 0.25) is 10.0 Å². The predicted molar refractivity (Wildman–Crippen MR) is 111 cm³/mol. The van der Waals surface area contributed by atoms with Crippen molar-refractivity contribution in [2.75, 3.05) is 32.0 Å². The largest absolute Gasteiger partial charge is 0.398 e. The highest BCUT2D eigenvalue weighted by Crippen LogP contribution is 2.62. The second kappa shape index (κ2) is 6.96. The normalized spacial score (nSPS) is 31.7. The number of carbonyl (C=O) groups is 1. The van der Waals surface area contributed by atoms with E-state index in [-0.39, 0.29) is 46.5 Å². The fourth-order valence-electron chi connectivity index (χ4n) is 5.70. The summed E-state index contributed by atoms with van der Waals surface area (Å²) in [6.07, 6.45) is 3.45. The van der Waals surface area contributed by atoms with Gasteiger partial charge in [0.15, 0.2) is 0 Å². The number of rotatable bonds is 4. The number of ether oxygens (including phenoxy) is 1. The number of nitrogens with zero attached hydrogens (tertiary/aromatic N) is 1. The highest BCUT2D eigenvalue weighted by atomic mass is 32.2. The predicted octanol–water partition coefficient (Wildman–Crippen LogP) is 2.23. The van der Waals surface area contributed by atoms with Crippen molar-refractivity contribution >= 4 is 21.6 Å². The molecule has 7 nitrogen and oxygen atoms in total. The monoisotopic (exact) mass is 421 g/mol. The fraction of sp³-hybridized carbons (Fsp3) is 0.667. The van der Waals surface area contributed by atoms with Crippen molar-refractivity contribution in [2.24, 2.45) is 16.7 Å². The second-order valence-electron chi connectivity index (χ2n) is 9.59. The molecule has 29 heavy (non-hydrogen) atoms. The molecule has 0 radical (unpaired) electrons. The molecule has 0 aromatic heterocycles. The summed E-state index contributed by atoms with van der Waals surface area (Å²) in [7, 11) is -3.77. The Morgan fingerprint density at radius 1 is 1.24 bits per heavy atom. The first-order valence-corrected chi connectivity index (χ1v) is 11.8. The average Bonchev–Trinajstić information content (AvgIpc) is 3.17. The molecule has 3 aliphatic rings. The topological polar surface area (TPSA) is 102 Å². The maximum absolute atomic E-state index is 13.1. The van der Waals surface area contributed by atoms with Gasteiger partial charge in [-0.05, 0) is 54.2 Å². The molecule has 2 saturated carbocycles. The summed E-state index contributed by atoms with van der Waals surface area (Å²) < 4.78 is 32.7. The SMILES string of the molecule is CC1(C)C(NC(=O)c2ccc(N)c(S(=O)(=O)N3CCOCC3)c2)[C@]2(C)CC[C@@H]1C2. The zero-order valence-electron chi connectivity index (χ0n) is 17.4. The number of hydrogen-bond acceptors (Lipinski definition) is 5. The standard InChI is InChI=1S/C21H31N3O4S/c1-20(2)15-6-7-21(3,13-15)19(20)23-18(25)14-4-5-16(22)17(12-14)29(26,27)24-8-10-28-11-9-24/h4-5,12,15,19H,6-11,13,22H2,1-3H3,(H,23,25)/t15-,19?,21-/m1/s1. The van der Waals surface area contributed by atoms with Gasteiger partial charge in [0.1, 0.15) is 4.90 Å². The summed E-state index contributed by atoms with van der Waals surface area (Å²) in [5.41, 5.74) is 6.60. The molecule has 2 aliphatic carbocycles. The van der Waals surface area contributed by atoms with Crippen LogP contribution in [0.1, 0.15) is 50.4 Å². The zero-order chi connectivity index (χ0) is 21.0. The van der Waals surface area contributed by atoms with Gasteiger partial charge in [0.25, 0.3) is 5.91 Å². The Morgan fingerprint density at radius 3 is 2.55 bits per heavy atom. The fourth-order valence-corrected chi connectivity index (χ4v) is 7.25. The van der Waals surface area contributed by atoms with Gasteiger partial charge >= 0.3 is 0 Å². The lowest BCUT2D eigenvalue weighted by molar-refractivity contribution is 0.0729. The minimum absolute atomic E-state index is 0.00883. The zero-order valence-corrected chi connectivity index (χ0v) is 18.2. The smallest absolute Gasteiger partial charge is 0.251 e. The Kier molecular flexibility index (Phi) is 4.95. The van der Waals surface area contributed by atoms with Gasteiger partial charge < -0.3 is 15.8 Å². The summed E-state index contributed by atoms with van der Waals surface area (Å²) in [6, 6.07) is 4.59. The molecule has 1 heterocycles. The van der Waals surface area contributed by atoms with E-state index in [9.17, 15) is 13.2 Å². The molecule has 1 unspecified atom stereocenters. The third kappa shape index (κ3) is 3.35. The van der Waals surface area contributed by atoms with Crippen molar-refractivity contribution in [2.45, 2.75) is 51.0 Å². The van der Waals surface area contributed by atoms with Crippen LogP contribution in [0.4, 0.5) is 5.69 Å². The Hall–Kier alpha value is -1.64. The van der Waals surface area contributed by atoms with Gasteiger partial charge in [-0.15, -0.1) is 0 Å². The summed E-state index contributed by atoms with van der Waals surface area (Å²) in [6.45, 7) is 7.99. The van der Waals surface area contributed by atoms with E-state index in [4.69, 9.17) is 10.5 Å². The molecular weight excluding hydrogens is 390 g/mol. The lowest BCUT2D eigenvalue weighted by atomic mass is 9.68. The molecule has 0 spiro atoms. The van der Waals surface area contributed by atoms with E-state index in [2.05, 4.69) is 26.1 Å². The van der Waals surface area contributed by atoms with E-state index in [1.807, 2.05) is 0 Å². The summed E-state index contributed by atoms with van der Waals surface area (Å²) in [5.74, 6) is 0.372. The number of anilines is 1. The van der Waals surface area contributed by atoms with Gasteiger partial charge in [-0.2, -0.15) is 4.31 Å². The minimum Gasteiger partial charge on any atom is -0.398 e. The molecule has 3 N–H and O–H groups in total. The molecule has 2 bridgehead atoms. The quantitative estimate of drug-likeness (QED) is 0.726. The molecule has 4 rings (SSSR count). The van der Waals surface area contributed by atoms with E-state index in [0.29, 0.717) is 24.7 Å². The van der Waals surface area contributed by atoms with Crippen LogP contribution < -0.4 is 11.1 Å². The van der Waals surface area contributed by atoms with Crippen molar-refractivity contribution in [3.05, 3.63) is 23.8 Å². The Balaban J connectivity index is 1.60. The highest BCUT2D eigenvalue weighted by Gasteiger charge is 2.59. The number of morpholine rings is 1. The first kappa shape index (κ1) is 20.6. The van der Waals surface area contributed by atoms with E-state index in [1.54, 1.807) is 6.07 Å². The number of benzene rings is 1. The molecular formula is C21H31N3O4S. The molecule has 3 fully saturated rings. The molecule has 8 heteroatoms. The maximum atomic E-state index is 13.1. The van der Waals surface area contributed by atoms with Crippen LogP contribution in [0.5, 0.6) is 0 Å². The van der Waals surface area contributed by atoms with Crippen molar-refractivity contribution < 1.29 is 17.9 Å². The van der Waals surface area contributed by atoms with E-state index >= 15 is 0 Å². The van der Waals surface area contributed by atoms with Crippen molar-refractivity contribution in [1.82, 2.24) is 9.62 Å². The number of amides is 1. The Bertz CT molecular complexity index is 919. The maximum Gasteiger partial charge on any atom is 0.251 e. The number of carbonyl (C=O) groups excluding carboxylic acids is 1. The van der Waals surface area contributed by atoms with E-state index < -0.39 is 10.0 Å². The molecule has 1 aliphatic heterocycles. The lowest BCUT2D eigenvalue weighted by Gasteiger charge is -2.43. The molecule has 3 atom stereocenters. The third-order valence-electron chi connectivity index (χ3n) is 7.41. The summed E-state index contributed by atoms with van der Waals surface area (Å²) in [4.78, 5) is 13.1. The van der Waals surface area contributed by atoms with E-state index in [1.165, 1.54) is 22.9 Å².